The summed E-state index contributed by atoms with van der Waals surface area (Å²) >= 11 is 0. The second-order valence-electron chi connectivity index (χ2n) is 10.1. The van der Waals surface area contributed by atoms with Crippen molar-refractivity contribution in [3.63, 3.8) is 0 Å². The van der Waals surface area contributed by atoms with Crippen LogP contribution >= 0.6 is 0 Å². The average molecular weight is 616 g/mol. The molecule has 44 heavy (non-hydrogen) atoms. The highest BCUT2D eigenvalue weighted by Crippen LogP contribution is 2.38. The molecule has 0 bridgehead atoms. The van der Waals surface area contributed by atoms with Gasteiger partial charge in [0.2, 0.25) is 5.82 Å². The normalized spacial score (nSPS) is 20.2. The van der Waals surface area contributed by atoms with Gasteiger partial charge >= 0.3 is 18.1 Å². The average Bonchev–Trinajstić information content (AvgIpc) is 3.59. The fraction of sp³-hybridized carbons (Fsp3) is 0.367. The van der Waals surface area contributed by atoms with Crippen LogP contribution in [-0.2, 0) is 20.4 Å². The van der Waals surface area contributed by atoms with Crippen LogP contribution in [0.3, 0.4) is 0 Å². The Morgan fingerprint density at radius 1 is 0.977 bits per heavy atom. The van der Waals surface area contributed by atoms with Crippen molar-refractivity contribution < 1.29 is 41.4 Å². The molecular formula is C30H29F4N5O5. The molecular weight excluding hydrogens is 586 g/mol. The van der Waals surface area contributed by atoms with Gasteiger partial charge < -0.3 is 19.5 Å². The number of alkyl halides is 4. The molecule has 1 aliphatic heterocycles. The first-order valence-electron chi connectivity index (χ1n) is 14.0. The molecule has 2 aromatic heterocycles. The van der Waals surface area contributed by atoms with Crippen molar-refractivity contribution in [3.8, 4) is 0 Å². The highest BCUT2D eigenvalue weighted by Gasteiger charge is 2.50. The molecule has 1 aliphatic rings. The molecule has 2 aromatic carbocycles. The SMILES string of the molecule is CCC(CC)Nc1nc(C(F)(F)F)nc2c1ncn2[C@@H]1O[C@H](COC(=O)c2ccccc2)[C@@H](OC(=O)c2ccccc2)[C@@H]1F. The predicted molar refractivity (Wildman–Crippen MR) is 149 cm³/mol. The Kier molecular flexibility index (Phi) is 9.09. The molecule has 3 heterocycles. The minimum Gasteiger partial charge on any atom is -0.459 e. The number of carbonyl (C=O) groups is 2. The maximum Gasteiger partial charge on any atom is 0.451 e. The number of ether oxygens (including phenoxy) is 3. The van der Waals surface area contributed by atoms with Crippen molar-refractivity contribution in [2.75, 3.05) is 11.9 Å². The molecule has 0 unspecified atom stereocenters. The molecule has 4 atom stereocenters. The number of rotatable bonds is 10. The lowest BCUT2D eigenvalue weighted by molar-refractivity contribution is -0.144. The lowest BCUT2D eigenvalue weighted by atomic mass is 10.1. The van der Waals surface area contributed by atoms with Gasteiger partial charge in [-0.25, -0.2) is 28.9 Å². The third-order valence-corrected chi connectivity index (χ3v) is 7.18. The molecule has 232 valence electrons. The summed E-state index contributed by atoms with van der Waals surface area (Å²) in [5.74, 6) is -3.21. The number of fused-ring (bicyclic) bond motifs is 1. The second kappa shape index (κ2) is 13.0. The minimum absolute atomic E-state index is 0.0301. The lowest BCUT2D eigenvalue weighted by Gasteiger charge is -2.19. The van der Waals surface area contributed by atoms with Crippen LogP contribution in [0.15, 0.2) is 67.0 Å². The number of benzene rings is 2. The van der Waals surface area contributed by atoms with Crippen LogP contribution in [0.5, 0.6) is 0 Å². The number of imidazole rings is 1. The monoisotopic (exact) mass is 615 g/mol. The molecule has 10 nitrogen and oxygen atoms in total. The molecule has 0 amide bonds. The summed E-state index contributed by atoms with van der Waals surface area (Å²) in [5.41, 5.74) is -0.0110. The molecule has 0 saturated carbocycles. The first-order chi connectivity index (χ1) is 21.1. The van der Waals surface area contributed by atoms with Gasteiger partial charge in [-0.3, -0.25) is 4.57 Å². The van der Waals surface area contributed by atoms with Crippen LogP contribution < -0.4 is 5.32 Å². The van der Waals surface area contributed by atoms with Gasteiger partial charge in [0.25, 0.3) is 0 Å². The largest absolute Gasteiger partial charge is 0.459 e. The molecule has 0 radical (unpaired) electrons. The van der Waals surface area contributed by atoms with Crippen LogP contribution in [0.1, 0.15) is 59.5 Å². The zero-order chi connectivity index (χ0) is 31.4. The van der Waals surface area contributed by atoms with Gasteiger partial charge in [-0.05, 0) is 37.1 Å². The van der Waals surface area contributed by atoms with Crippen molar-refractivity contribution in [2.24, 2.45) is 0 Å². The smallest absolute Gasteiger partial charge is 0.451 e. The molecule has 5 rings (SSSR count). The third-order valence-electron chi connectivity index (χ3n) is 7.18. The van der Waals surface area contributed by atoms with Gasteiger partial charge in [0.05, 0.1) is 17.5 Å². The standard InChI is InChI=1S/C30H29F4N5O5/c1-3-19(4-2)36-24-22-25(38-29(37-24)30(32,33)34)39(16-35-22)26-21(31)23(44-28(41)18-13-9-6-10-14-18)20(43-26)15-42-27(40)17-11-7-5-8-12-17/h5-14,16,19-21,23,26H,3-4,15H2,1-2H3,(H,36,37,38)/t20-,21+,23-,26-/m1/s1. The van der Waals surface area contributed by atoms with E-state index in [9.17, 15) is 22.8 Å². The Bertz CT molecular complexity index is 1600. The Morgan fingerprint density at radius 2 is 1.59 bits per heavy atom. The number of carbonyl (C=O) groups excluding carboxylic acids is 2. The lowest BCUT2D eigenvalue weighted by Crippen LogP contribution is -2.37. The summed E-state index contributed by atoms with van der Waals surface area (Å²) in [5, 5.41) is 2.97. The fourth-order valence-electron chi connectivity index (χ4n) is 4.79. The van der Waals surface area contributed by atoms with Gasteiger partial charge in [-0.15, -0.1) is 0 Å². The van der Waals surface area contributed by atoms with Crippen molar-refractivity contribution in [3.05, 3.63) is 83.9 Å². The van der Waals surface area contributed by atoms with Crippen LogP contribution in [0, 0.1) is 0 Å². The highest BCUT2D eigenvalue weighted by atomic mass is 19.4. The topological polar surface area (TPSA) is 117 Å². The third kappa shape index (κ3) is 6.49. The molecule has 1 saturated heterocycles. The van der Waals surface area contributed by atoms with Gasteiger partial charge in [-0.2, -0.15) is 13.2 Å². The predicted octanol–water partition coefficient (Wildman–Crippen LogP) is 5.76. The highest BCUT2D eigenvalue weighted by molar-refractivity contribution is 5.90. The van der Waals surface area contributed by atoms with Crippen LogP contribution in [0.2, 0.25) is 0 Å². The summed E-state index contributed by atoms with van der Waals surface area (Å²) in [6.07, 6.45) is -9.30. The zero-order valence-electron chi connectivity index (χ0n) is 23.7. The number of hydrogen-bond acceptors (Lipinski definition) is 9. The number of hydrogen-bond donors (Lipinski definition) is 1. The minimum atomic E-state index is -4.92. The Balaban J connectivity index is 1.49. The number of anilines is 1. The molecule has 1 fully saturated rings. The van der Waals surface area contributed by atoms with Crippen molar-refractivity contribution in [2.45, 2.75) is 63.5 Å². The van der Waals surface area contributed by atoms with Gasteiger partial charge in [0.1, 0.15) is 12.7 Å². The van der Waals surface area contributed by atoms with E-state index in [0.717, 1.165) is 10.9 Å². The van der Waals surface area contributed by atoms with Crippen molar-refractivity contribution in [1.82, 2.24) is 19.5 Å². The molecule has 0 aliphatic carbocycles. The number of nitrogens with one attached hydrogen (secondary N) is 1. The summed E-state index contributed by atoms with van der Waals surface area (Å²) in [6, 6.07) is 15.6. The first kappa shape index (κ1) is 30.9. The summed E-state index contributed by atoms with van der Waals surface area (Å²) < 4.78 is 75.4. The van der Waals surface area contributed by atoms with Gasteiger partial charge in [0.15, 0.2) is 35.5 Å². The van der Waals surface area contributed by atoms with Crippen molar-refractivity contribution in [1.29, 1.82) is 0 Å². The molecule has 1 N–H and O–H groups in total. The maximum atomic E-state index is 16.2. The molecule has 4 aromatic rings. The quantitative estimate of drug-likeness (QED) is 0.175. The molecule has 0 spiro atoms. The van der Waals surface area contributed by atoms with E-state index in [0.29, 0.717) is 12.8 Å². The number of aromatic nitrogens is 4. The van der Waals surface area contributed by atoms with Gasteiger partial charge in [0, 0.05) is 6.04 Å². The summed E-state index contributed by atoms with van der Waals surface area (Å²) in [7, 11) is 0. The van der Waals surface area contributed by atoms with E-state index in [1.807, 2.05) is 13.8 Å². The maximum absolute atomic E-state index is 16.2. The van der Waals surface area contributed by atoms with E-state index in [-0.39, 0.29) is 34.2 Å². The summed E-state index contributed by atoms with van der Waals surface area (Å²) in [4.78, 5) is 37.0. The Hall–Kier alpha value is -4.59. The van der Waals surface area contributed by atoms with E-state index in [2.05, 4.69) is 20.3 Å². The number of nitrogens with zero attached hydrogens (tertiary/aromatic N) is 4. The zero-order valence-corrected chi connectivity index (χ0v) is 23.7. The van der Waals surface area contributed by atoms with Gasteiger partial charge in [-0.1, -0.05) is 50.2 Å². The van der Waals surface area contributed by atoms with Crippen LogP contribution in [-0.4, -0.2) is 62.5 Å². The van der Waals surface area contributed by atoms with E-state index in [1.165, 1.54) is 24.3 Å². The fourth-order valence-corrected chi connectivity index (χ4v) is 4.79. The number of halogens is 4. The number of esters is 2. The Morgan fingerprint density at radius 3 is 2.18 bits per heavy atom. The molecule has 14 heteroatoms. The van der Waals surface area contributed by atoms with E-state index >= 15 is 4.39 Å². The first-order valence-corrected chi connectivity index (χ1v) is 14.0. The van der Waals surface area contributed by atoms with Crippen LogP contribution in [0.4, 0.5) is 23.4 Å². The van der Waals surface area contributed by atoms with E-state index in [1.54, 1.807) is 36.4 Å². The Labute approximate surface area is 249 Å². The van der Waals surface area contributed by atoms with E-state index < -0.39 is 55.2 Å². The second-order valence-corrected chi connectivity index (χ2v) is 10.1. The van der Waals surface area contributed by atoms with Crippen molar-refractivity contribution >= 4 is 28.9 Å². The van der Waals surface area contributed by atoms with E-state index in [4.69, 9.17) is 14.2 Å². The summed E-state index contributed by atoms with van der Waals surface area (Å²) in [6.45, 7) is 3.21. The van der Waals surface area contributed by atoms with Crippen LogP contribution in [0.25, 0.3) is 11.2 Å².